The van der Waals surface area contributed by atoms with Gasteiger partial charge in [-0.25, -0.2) is 4.98 Å². The molecule has 0 radical (unpaired) electrons. The zero-order valence-corrected chi connectivity index (χ0v) is 15.3. The maximum atomic E-state index is 4.75. The maximum Gasteiger partial charge on any atom is 0.232 e. The number of para-hydroxylation sites is 1. The molecule has 0 saturated heterocycles. The van der Waals surface area contributed by atoms with E-state index in [0.717, 1.165) is 42.7 Å². The maximum absolute atomic E-state index is 4.75. The molecule has 0 unspecified atom stereocenters. The Hall–Kier alpha value is -2.36. The van der Waals surface area contributed by atoms with Crippen molar-refractivity contribution in [1.29, 1.82) is 0 Å². The fourth-order valence-electron chi connectivity index (χ4n) is 3.29. The van der Waals surface area contributed by atoms with Crippen LogP contribution in [0.1, 0.15) is 44.7 Å². The van der Waals surface area contributed by atoms with Crippen LogP contribution in [0.3, 0.4) is 0 Å². The van der Waals surface area contributed by atoms with Crippen LogP contribution in [0.4, 0.5) is 17.5 Å². The second-order valence-corrected chi connectivity index (χ2v) is 6.56. The summed E-state index contributed by atoms with van der Waals surface area (Å²) in [6, 6.07) is 12.3. The molecule has 3 rings (SSSR count). The number of aromatic nitrogens is 2. The first-order valence-corrected chi connectivity index (χ1v) is 9.36. The monoisotopic (exact) mass is 336 g/mol. The number of benzene rings is 1. The number of anilines is 3. The van der Waals surface area contributed by atoms with Crippen molar-refractivity contribution >= 4 is 17.5 Å². The van der Waals surface area contributed by atoms with Crippen LogP contribution in [-0.2, 0) is 0 Å². The van der Waals surface area contributed by atoms with E-state index in [9.17, 15) is 0 Å². The Kier molecular flexibility index (Phi) is 6.04. The molecule has 1 aliphatic carbocycles. The first-order valence-electron chi connectivity index (χ1n) is 9.36. The number of nitrogens with zero attached hydrogens (tertiary/aromatic N) is 3. The molecule has 1 aromatic heterocycles. The van der Waals surface area contributed by atoms with Crippen LogP contribution in [0.5, 0.6) is 0 Å². The Morgan fingerprint density at radius 2 is 1.96 bits per heavy atom. The first-order chi connectivity index (χ1) is 12.3. The van der Waals surface area contributed by atoms with Crippen molar-refractivity contribution in [3.05, 3.63) is 53.7 Å². The molecule has 1 N–H and O–H groups in total. The lowest BCUT2D eigenvalue weighted by Gasteiger charge is -2.22. The van der Waals surface area contributed by atoms with E-state index in [-0.39, 0.29) is 0 Å². The van der Waals surface area contributed by atoms with Gasteiger partial charge < -0.3 is 10.2 Å². The number of rotatable bonds is 7. The molecule has 132 valence electrons. The van der Waals surface area contributed by atoms with Crippen LogP contribution in [0.25, 0.3) is 0 Å². The Morgan fingerprint density at radius 3 is 2.68 bits per heavy atom. The lowest BCUT2D eigenvalue weighted by atomic mass is 9.97. The molecular formula is C21H28N4. The van der Waals surface area contributed by atoms with Gasteiger partial charge in [0.2, 0.25) is 5.95 Å². The van der Waals surface area contributed by atoms with Gasteiger partial charge in [-0.15, -0.1) is 0 Å². The molecule has 0 amide bonds. The number of hydrogen-bond acceptors (Lipinski definition) is 4. The molecular weight excluding hydrogens is 308 g/mol. The summed E-state index contributed by atoms with van der Waals surface area (Å²) in [5.41, 5.74) is 3.69. The van der Waals surface area contributed by atoms with Gasteiger partial charge in [0.25, 0.3) is 0 Å². The van der Waals surface area contributed by atoms with Gasteiger partial charge in [0, 0.05) is 30.5 Å². The second-order valence-electron chi connectivity index (χ2n) is 6.56. The fourth-order valence-corrected chi connectivity index (χ4v) is 3.29. The molecule has 0 bridgehead atoms. The van der Waals surface area contributed by atoms with Gasteiger partial charge in [-0.3, -0.25) is 0 Å². The lowest BCUT2D eigenvalue weighted by Crippen LogP contribution is -2.20. The second kappa shape index (κ2) is 8.65. The highest BCUT2D eigenvalue weighted by Gasteiger charge is 2.12. The molecule has 4 nitrogen and oxygen atoms in total. The molecule has 2 aromatic rings. The predicted octanol–water partition coefficient (Wildman–Crippen LogP) is 5.25. The average molecular weight is 336 g/mol. The normalized spacial score (nSPS) is 14.1. The van der Waals surface area contributed by atoms with Gasteiger partial charge in [-0.05, 0) is 58.1 Å². The minimum Gasteiger partial charge on any atom is -0.370 e. The van der Waals surface area contributed by atoms with Gasteiger partial charge in [-0.2, -0.15) is 4.98 Å². The first kappa shape index (κ1) is 17.5. The predicted molar refractivity (Wildman–Crippen MR) is 106 cm³/mol. The van der Waals surface area contributed by atoms with Crippen molar-refractivity contribution in [3.63, 3.8) is 0 Å². The Balaban J connectivity index is 1.70. The van der Waals surface area contributed by atoms with E-state index in [2.05, 4.69) is 40.3 Å². The van der Waals surface area contributed by atoms with Crippen LogP contribution >= 0.6 is 0 Å². The summed E-state index contributed by atoms with van der Waals surface area (Å²) < 4.78 is 0. The highest BCUT2D eigenvalue weighted by Crippen LogP contribution is 2.24. The number of aryl methyl sites for hydroxylation is 1. The summed E-state index contributed by atoms with van der Waals surface area (Å²) in [5.74, 6) is 1.67. The lowest BCUT2D eigenvalue weighted by molar-refractivity contribution is 0.679. The number of nitrogens with one attached hydrogen (secondary N) is 1. The molecule has 0 aliphatic heterocycles. The largest absolute Gasteiger partial charge is 0.370 e. The van der Waals surface area contributed by atoms with Crippen LogP contribution in [0.2, 0.25) is 0 Å². The molecule has 1 aromatic carbocycles. The van der Waals surface area contributed by atoms with Gasteiger partial charge in [0.1, 0.15) is 5.82 Å². The summed E-state index contributed by atoms with van der Waals surface area (Å²) in [6.45, 7) is 5.92. The minimum absolute atomic E-state index is 0.757. The van der Waals surface area contributed by atoms with Gasteiger partial charge in [0.05, 0.1) is 0 Å². The fraction of sp³-hybridized carbons (Fsp3) is 0.429. The van der Waals surface area contributed by atoms with E-state index in [1.54, 1.807) is 5.57 Å². The topological polar surface area (TPSA) is 41.1 Å². The SMILES string of the molecule is CCN(c1ccccc1)c1nc(C)cc(NCCC2=CCCCC2)n1. The van der Waals surface area contributed by atoms with Crippen molar-refractivity contribution in [2.24, 2.45) is 0 Å². The quantitative estimate of drug-likeness (QED) is 0.702. The number of hydrogen-bond donors (Lipinski definition) is 1. The van der Waals surface area contributed by atoms with E-state index >= 15 is 0 Å². The molecule has 4 heteroatoms. The van der Waals surface area contributed by atoms with E-state index in [4.69, 9.17) is 4.98 Å². The van der Waals surface area contributed by atoms with Crippen molar-refractivity contribution in [2.45, 2.75) is 46.0 Å². The smallest absolute Gasteiger partial charge is 0.232 e. The average Bonchev–Trinajstić information content (AvgIpc) is 2.64. The summed E-state index contributed by atoms with van der Waals surface area (Å²) in [5, 5.41) is 3.48. The molecule has 1 aliphatic rings. The molecule has 0 atom stereocenters. The van der Waals surface area contributed by atoms with Crippen molar-refractivity contribution in [3.8, 4) is 0 Å². The van der Waals surface area contributed by atoms with Crippen molar-refractivity contribution in [2.75, 3.05) is 23.3 Å². The van der Waals surface area contributed by atoms with Crippen LogP contribution in [0, 0.1) is 6.92 Å². The third-order valence-electron chi connectivity index (χ3n) is 4.61. The summed E-state index contributed by atoms with van der Waals surface area (Å²) in [6.07, 6.45) is 8.70. The van der Waals surface area contributed by atoms with Crippen LogP contribution in [0.15, 0.2) is 48.0 Å². The molecule has 0 spiro atoms. The Bertz CT molecular complexity index is 709. The standard InChI is InChI=1S/C21H28N4/c1-3-25(19-12-8-5-9-13-19)21-23-17(2)16-20(24-21)22-15-14-18-10-6-4-7-11-18/h5,8-10,12-13,16H,3-4,6-7,11,14-15H2,1-2H3,(H,22,23,24). The highest BCUT2D eigenvalue weighted by atomic mass is 15.3. The highest BCUT2D eigenvalue weighted by molar-refractivity contribution is 5.58. The summed E-state index contributed by atoms with van der Waals surface area (Å²) in [4.78, 5) is 11.5. The molecule has 0 saturated carbocycles. The van der Waals surface area contributed by atoms with Gasteiger partial charge in [0.15, 0.2) is 0 Å². The zero-order chi connectivity index (χ0) is 17.5. The van der Waals surface area contributed by atoms with Gasteiger partial charge >= 0.3 is 0 Å². The van der Waals surface area contributed by atoms with Crippen molar-refractivity contribution in [1.82, 2.24) is 9.97 Å². The number of allylic oxidation sites excluding steroid dienone is 1. The van der Waals surface area contributed by atoms with Gasteiger partial charge in [-0.1, -0.05) is 29.8 Å². The Labute approximate surface area is 151 Å². The van der Waals surface area contributed by atoms with E-state index in [1.807, 2.05) is 31.2 Å². The molecule has 1 heterocycles. The third-order valence-corrected chi connectivity index (χ3v) is 4.61. The van der Waals surface area contributed by atoms with Crippen molar-refractivity contribution < 1.29 is 0 Å². The van der Waals surface area contributed by atoms with E-state index in [1.165, 1.54) is 25.7 Å². The summed E-state index contributed by atoms with van der Waals surface area (Å²) in [7, 11) is 0. The van der Waals surface area contributed by atoms with Crippen LogP contribution in [-0.4, -0.2) is 23.1 Å². The van der Waals surface area contributed by atoms with E-state index in [0.29, 0.717) is 0 Å². The summed E-state index contributed by atoms with van der Waals surface area (Å²) >= 11 is 0. The van der Waals surface area contributed by atoms with Crippen LogP contribution < -0.4 is 10.2 Å². The minimum atomic E-state index is 0.757. The van der Waals surface area contributed by atoms with E-state index < -0.39 is 0 Å². The molecule has 0 fully saturated rings. The third kappa shape index (κ3) is 4.81. The zero-order valence-electron chi connectivity index (χ0n) is 15.3. The molecule has 25 heavy (non-hydrogen) atoms. The Morgan fingerprint density at radius 1 is 1.12 bits per heavy atom.